The first-order valence-electron chi connectivity index (χ1n) is 6.38. The zero-order valence-corrected chi connectivity index (χ0v) is 12.5. The summed E-state index contributed by atoms with van der Waals surface area (Å²) in [7, 11) is 1.68. The molecular weight excluding hydrogens is 294 g/mol. The van der Waals surface area contributed by atoms with E-state index in [4.69, 9.17) is 9.47 Å². The summed E-state index contributed by atoms with van der Waals surface area (Å²) in [6.07, 6.45) is 2.35. The van der Waals surface area contributed by atoms with Crippen molar-refractivity contribution in [3.63, 3.8) is 0 Å². The van der Waals surface area contributed by atoms with Crippen LogP contribution >= 0.6 is 15.9 Å². The van der Waals surface area contributed by atoms with Gasteiger partial charge in [-0.15, -0.1) is 0 Å². The quantitative estimate of drug-likeness (QED) is 0.925. The van der Waals surface area contributed by atoms with Gasteiger partial charge in [-0.25, -0.2) is 0 Å². The second kappa shape index (κ2) is 6.55. The monoisotopic (exact) mass is 313 g/mol. The molecule has 0 saturated carbocycles. The van der Waals surface area contributed by atoms with Gasteiger partial charge in [0.2, 0.25) is 0 Å². The Hall–Kier alpha value is -0.580. The molecule has 1 aromatic rings. The second-order valence-corrected chi connectivity index (χ2v) is 5.55. The normalized spacial score (nSPS) is 21.6. The highest BCUT2D eigenvalue weighted by molar-refractivity contribution is 9.10. The summed E-state index contributed by atoms with van der Waals surface area (Å²) >= 11 is 3.52. The van der Waals surface area contributed by atoms with E-state index in [-0.39, 0.29) is 0 Å². The Kier molecular flexibility index (Phi) is 5.03. The number of benzene rings is 1. The molecule has 4 heteroatoms. The third-order valence-corrected chi connectivity index (χ3v) is 3.94. The molecule has 1 saturated heterocycles. The van der Waals surface area contributed by atoms with Crippen molar-refractivity contribution in [2.24, 2.45) is 0 Å². The van der Waals surface area contributed by atoms with Gasteiger partial charge in [-0.05, 0) is 53.4 Å². The predicted octanol–water partition coefficient (Wildman–Crippen LogP) is 3.29. The van der Waals surface area contributed by atoms with Crippen molar-refractivity contribution in [1.82, 2.24) is 5.32 Å². The number of halogens is 1. The van der Waals surface area contributed by atoms with Crippen LogP contribution in [0.4, 0.5) is 0 Å². The van der Waals surface area contributed by atoms with Crippen molar-refractivity contribution in [2.45, 2.75) is 31.8 Å². The van der Waals surface area contributed by atoms with Crippen molar-refractivity contribution in [3.8, 4) is 5.75 Å². The van der Waals surface area contributed by atoms with E-state index in [9.17, 15) is 0 Å². The maximum atomic E-state index is 5.49. The van der Waals surface area contributed by atoms with Gasteiger partial charge in [-0.2, -0.15) is 0 Å². The lowest BCUT2D eigenvalue weighted by molar-refractivity contribution is 0.0671. The van der Waals surface area contributed by atoms with Crippen LogP contribution in [0.15, 0.2) is 22.7 Å². The largest absolute Gasteiger partial charge is 0.496 e. The molecule has 0 aliphatic carbocycles. The van der Waals surface area contributed by atoms with E-state index in [1.807, 2.05) is 6.07 Å². The van der Waals surface area contributed by atoms with E-state index in [2.05, 4.69) is 40.3 Å². The van der Waals surface area contributed by atoms with Crippen molar-refractivity contribution < 1.29 is 9.47 Å². The van der Waals surface area contributed by atoms with Gasteiger partial charge in [0.1, 0.15) is 5.75 Å². The zero-order valence-electron chi connectivity index (χ0n) is 10.9. The minimum absolute atomic E-state index is 0.318. The molecule has 0 radical (unpaired) electrons. The number of rotatable bonds is 4. The summed E-state index contributed by atoms with van der Waals surface area (Å²) in [5, 5.41) is 3.61. The first kappa shape index (κ1) is 13.8. The summed E-state index contributed by atoms with van der Waals surface area (Å²) in [6, 6.07) is 6.99. The molecule has 2 unspecified atom stereocenters. The highest BCUT2D eigenvalue weighted by Gasteiger charge is 2.17. The Labute approximate surface area is 117 Å². The highest BCUT2D eigenvalue weighted by Crippen LogP contribution is 2.28. The van der Waals surface area contributed by atoms with Crippen LogP contribution in [-0.4, -0.2) is 26.4 Å². The molecule has 100 valence electrons. The van der Waals surface area contributed by atoms with Gasteiger partial charge in [-0.1, -0.05) is 6.07 Å². The van der Waals surface area contributed by atoms with Crippen LogP contribution in [0, 0.1) is 0 Å². The van der Waals surface area contributed by atoms with E-state index >= 15 is 0 Å². The van der Waals surface area contributed by atoms with Crippen molar-refractivity contribution >= 4 is 15.9 Å². The van der Waals surface area contributed by atoms with Gasteiger partial charge in [0.15, 0.2) is 0 Å². The summed E-state index contributed by atoms with van der Waals surface area (Å²) in [5.74, 6) is 0.868. The summed E-state index contributed by atoms with van der Waals surface area (Å²) in [4.78, 5) is 0. The molecule has 2 rings (SSSR count). The average molecular weight is 314 g/mol. The van der Waals surface area contributed by atoms with E-state index < -0.39 is 0 Å². The standard InChI is InChI=1S/C14H20BrNO2/c1-10(16-12-4-3-7-18-9-12)11-5-6-14(17-2)13(15)8-11/h5-6,8,10,12,16H,3-4,7,9H2,1-2H3. The Bertz CT molecular complexity index is 391. The summed E-state index contributed by atoms with van der Waals surface area (Å²) in [5.41, 5.74) is 1.26. The zero-order chi connectivity index (χ0) is 13.0. The number of hydrogen-bond acceptors (Lipinski definition) is 3. The van der Waals surface area contributed by atoms with Crippen molar-refractivity contribution in [2.75, 3.05) is 20.3 Å². The molecule has 1 fully saturated rings. The predicted molar refractivity (Wildman–Crippen MR) is 76.1 cm³/mol. The topological polar surface area (TPSA) is 30.5 Å². The number of hydrogen-bond donors (Lipinski definition) is 1. The van der Waals surface area contributed by atoms with Gasteiger partial charge in [-0.3, -0.25) is 0 Å². The van der Waals surface area contributed by atoms with Crippen LogP contribution in [0.25, 0.3) is 0 Å². The minimum Gasteiger partial charge on any atom is -0.496 e. The number of ether oxygens (including phenoxy) is 2. The first-order chi connectivity index (χ1) is 8.70. The lowest BCUT2D eigenvalue weighted by atomic mass is 10.0. The van der Waals surface area contributed by atoms with Crippen LogP contribution in [0.2, 0.25) is 0 Å². The Morgan fingerprint density at radius 3 is 2.94 bits per heavy atom. The Morgan fingerprint density at radius 1 is 1.50 bits per heavy atom. The third kappa shape index (κ3) is 3.46. The van der Waals surface area contributed by atoms with E-state index in [1.165, 1.54) is 12.0 Å². The van der Waals surface area contributed by atoms with E-state index in [1.54, 1.807) is 7.11 Å². The second-order valence-electron chi connectivity index (χ2n) is 4.70. The summed E-state index contributed by atoms with van der Waals surface area (Å²) < 4.78 is 11.7. The van der Waals surface area contributed by atoms with Crippen LogP contribution in [0.5, 0.6) is 5.75 Å². The molecule has 1 N–H and O–H groups in total. The van der Waals surface area contributed by atoms with Crippen LogP contribution < -0.4 is 10.1 Å². The average Bonchev–Trinajstić information content (AvgIpc) is 2.39. The highest BCUT2D eigenvalue weighted by atomic mass is 79.9. The lowest BCUT2D eigenvalue weighted by Crippen LogP contribution is -2.38. The first-order valence-corrected chi connectivity index (χ1v) is 7.17. The van der Waals surface area contributed by atoms with Crippen molar-refractivity contribution in [1.29, 1.82) is 0 Å². The van der Waals surface area contributed by atoms with Crippen LogP contribution in [0.3, 0.4) is 0 Å². The third-order valence-electron chi connectivity index (χ3n) is 3.32. The molecule has 0 spiro atoms. The van der Waals surface area contributed by atoms with Gasteiger partial charge in [0, 0.05) is 18.7 Å². The molecule has 1 aromatic carbocycles. The molecule has 0 aromatic heterocycles. The SMILES string of the molecule is COc1ccc(C(C)NC2CCCOC2)cc1Br. The fourth-order valence-electron chi connectivity index (χ4n) is 2.27. The summed E-state index contributed by atoms with van der Waals surface area (Å²) in [6.45, 7) is 3.91. The molecule has 18 heavy (non-hydrogen) atoms. The molecule has 3 nitrogen and oxygen atoms in total. The molecular formula is C14H20BrNO2. The maximum absolute atomic E-state index is 5.49. The smallest absolute Gasteiger partial charge is 0.133 e. The lowest BCUT2D eigenvalue weighted by Gasteiger charge is -2.27. The molecule has 0 amide bonds. The van der Waals surface area contributed by atoms with Gasteiger partial charge < -0.3 is 14.8 Å². The van der Waals surface area contributed by atoms with Crippen molar-refractivity contribution in [3.05, 3.63) is 28.2 Å². The fourth-order valence-corrected chi connectivity index (χ4v) is 2.83. The fraction of sp³-hybridized carbons (Fsp3) is 0.571. The maximum Gasteiger partial charge on any atom is 0.133 e. The van der Waals surface area contributed by atoms with Gasteiger partial charge >= 0.3 is 0 Å². The van der Waals surface area contributed by atoms with Crippen LogP contribution in [0.1, 0.15) is 31.4 Å². The van der Waals surface area contributed by atoms with Crippen LogP contribution in [-0.2, 0) is 4.74 Å². The molecule has 1 aliphatic rings. The van der Waals surface area contributed by atoms with Gasteiger partial charge in [0.05, 0.1) is 18.2 Å². The minimum atomic E-state index is 0.318. The van der Waals surface area contributed by atoms with E-state index in [0.29, 0.717) is 12.1 Å². The molecule has 1 aliphatic heterocycles. The molecule has 1 heterocycles. The van der Waals surface area contributed by atoms with Gasteiger partial charge in [0.25, 0.3) is 0 Å². The molecule has 0 bridgehead atoms. The Balaban J connectivity index is 1.99. The van der Waals surface area contributed by atoms with E-state index in [0.717, 1.165) is 29.9 Å². The molecule has 2 atom stereocenters. The number of methoxy groups -OCH3 is 1. The number of nitrogens with one attached hydrogen (secondary N) is 1. The Morgan fingerprint density at radius 2 is 2.33 bits per heavy atom.